The second kappa shape index (κ2) is 40.0. The Kier molecular flexibility index (Phi) is 53.8. The van der Waals surface area contributed by atoms with Gasteiger partial charge in [-0.25, -0.2) is 0 Å². The van der Waals surface area contributed by atoms with Crippen LogP contribution in [-0.4, -0.2) is 24.9 Å². The van der Waals surface area contributed by atoms with Crippen LogP contribution in [-0.2, 0) is 70.9 Å². The molecule has 174 valence electrons. The van der Waals surface area contributed by atoms with Crippen molar-refractivity contribution in [1.29, 1.82) is 0 Å². The van der Waals surface area contributed by atoms with Gasteiger partial charge < -0.3 is 9.47 Å². The van der Waals surface area contributed by atoms with Gasteiger partial charge in [-0.1, -0.05) is 60.4 Å². The molecule has 0 N–H and O–H groups in total. The van der Waals surface area contributed by atoms with E-state index in [4.69, 9.17) is 37.4 Å². The zero-order valence-electron chi connectivity index (χ0n) is 16.8. The van der Waals surface area contributed by atoms with Crippen LogP contribution in [0.15, 0.2) is 48.6 Å². The molecule has 0 fully saturated rings. The zero-order chi connectivity index (χ0) is 24.9. The quantitative estimate of drug-likeness (QED) is 0.248. The minimum Gasteiger partial charge on any atom is 0 e. The molecule has 8 nitrogen and oxygen atoms in total. The van der Waals surface area contributed by atoms with Gasteiger partial charge in [0.25, 0.3) is 0 Å². The predicted molar refractivity (Wildman–Crippen MR) is 99.0 cm³/mol. The van der Waals surface area contributed by atoms with Gasteiger partial charge in [-0.2, -0.15) is 0 Å². The van der Waals surface area contributed by atoms with Crippen molar-refractivity contribution in [3.05, 3.63) is 94.0 Å². The van der Waals surface area contributed by atoms with E-state index in [1.807, 2.05) is 36.4 Å². The number of fused-ring (bicyclic) bond motifs is 1. The Balaban J connectivity index is -0.000000114. The maximum atomic E-state index is 7.50. The first-order chi connectivity index (χ1) is 15.4. The van der Waals surface area contributed by atoms with E-state index < -0.39 is 0 Å². The monoisotopic (exact) mass is 538 g/mol. The van der Waals surface area contributed by atoms with Gasteiger partial charge in [0.2, 0.25) is 0 Å². The average molecular weight is 538 g/mol. The largest absolute Gasteiger partial charge is 0 e. The number of benzene rings is 1. The second-order valence-corrected chi connectivity index (χ2v) is 4.62. The van der Waals surface area contributed by atoms with Gasteiger partial charge in [0.15, 0.2) is 0 Å². The fraction of sp³-hybridized carbons (Fsp3) is 0.217. The summed E-state index contributed by atoms with van der Waals surface area (Å²) in [6, 6.07) is 10.2. The normalized spacial score (nSPS) is 17.3. The van der Waals surface area contributed by atoms with E-state index in [0.29, 0.717) is 6.61 Å². The molecule has 2 heterocycles. The van der Waals surface area contributed by atoms with Gasteiger partial charge in [0.05, 0.1) is 12.7 Å². The van der Waals surface area contributed by atoms with Crippen LogP contribution in [0.25, 0.3) is 6.08 Å². The molecule has 0 amide bonds. The Morgan fingerprint density at radius 1 is 0.818 bits per heavy atom. The van der Waals surface area contributed by atoms with Crippen LogP contribution in [0.4, 0.5) is 0 Å². The Morgan fingerprint density at radius 3 is 1.85 bits per heavy atom. The van der Waals surface area contributed by atoms with Gasteiger partial charge in [-0.05, 0) is 11.6 Å². The molecule has 2 aliphatic heterocycles. The molecular formula is C23H16Co2O8. The Labute approximate surface area is 213 Å². The summed E-state index contributed by atoms with van der Waals surface area (Å²) >= 11 is 0. The molecule has 0 aromatic heterocycles. The van der Waals surface area contributed by atoms with Crippen molar-refractivity contribution in [2.45, 2.75) is 24.7 Å². The molecule has 0 bridgehead atoms. The standard InChI is InChI=1S/C17H16O2.6CO.2Co/c1-2-6-14(7-3-1)11-12-15-8-4-9-16-17(19-15)10-5-13-18-16;6*1-2;;/h1-3,5-7,10-12,15-17H,9,13H2;;;;;;;;/b12-11+;;;;;;;;/t15-,16+,17-;;;;;;;;/m0......../s1. The van der Waals surface area contributed by atoms with Crippen LogP contribution in [0, 0.1) is 51.7 Å². The van der Waals surface area contributed by atoms with Crippen molar-refractivity contribution in [2.75, 3.05) is 6.61 Å². The van der Waals surface area contributed by atoms with Crippen LogP contribution < -0.4 is 0 Å². The predicted octanol–water partition coefficient (Wildman–Crippen LogP) is 2.59. The molecule has 33 heavy (non-hydrogen) atoms. The van der Waals surface area contributed by atoms with Crippen LogP contribution in [0.2, 0.25) is 0 Å². The zero-order valence-corrected chi connectivity index (χ0v) is 18.9. The van der Waals surface area contributed by atoms with Crippen molar-refractivity contribution < 1.29 is 70.9 Å². The fourth-order valence-electron chi connectivity index (χ4n) is 2.22. The third-order valence-corrected chi connectivity index (χ3v) is 3.21. The molecule has 3 rings (SSSR count). The third-order valence-electron chi connectivity index (χ3n) is 3.21. The minimum atomic E-state index is -0.165. The second-order valence-electron chi connectivity index (χ2n) is 4.62. The van der Waals surface area contributed by atoms with Crippen LogP contribution in [0.5, 0.6) is 0 Å². The smallest absolute Gasteiger partial charge is 0 e. The van der Waals surface area contributed by atoms with Gasteiger partial charge in [0.1, 0.15) is 12.2 Å². The van der Waals surface area contributed by atoms with E-state index in [-0.39, 0.29) is 51.9 Å². The van der Waals surface area contributed by atoms with E-state index in [9.17, 15) is 0 Å². The molecule has 3 atom stereocenters. The van der Waals surface area contributed by atoms with E-state index >= 15 is 0 Å². The first kappa shape index (κ1) is 44.3. The van der Waals surface area contributed by atoms with Gasteiger partial charge in [0, 0.05) is 40.0 Å². The van der Waals surface area contributed by atoms with E-state index in [0.717, 1.165) is 12.0 Å². The van der Waals surface area contributed by atoms with Crippen LogP contribution >= 0.6 is 0 Å². The maximum absolute atomic E-state index is 7.50. The molecule has 2 radical (unpaired) electrons. The minimum absolute atomic E-state index is 0. The Bertz CT molecular complexity index is 750. The molecule has 1 aromatic rings. The molecular weight excluding hydrogens is 522 g/mol. The SMILES string of the molecule is C1#C[C@@H](/C=C/c2ccccc2)O[C@H]2C=CCO[C@@H]2C1.[C-]#[O+].[C-]#[O+].[C-]#[O+].[C-]#[O+].[C-]#[O+].[C-]#[O+].[Co].[Co]. The summed E-state index contributed by atoms with van der Waals surface area (Å²) in [4.78, 5) is 0. The molecule has 10 heteroatoms. The van der Waals surface area contributed by atoms with Gasteiger partial charge >= 0.3 is 67.8 Å². The fourth-order valence-corrected chi connectivity index (χ4v) is 2.22. The van der Waals surface area contributed by atoms with Gasteiger partial charge in [-0.15, -0.1) is 0 Å². The summed E-state index contributed by atoms with van der Waals surface area (Å²) in [6.07, 6.45) is 8.79. The number of hydrogen-bond donors (Lipinski definition) is 0. The number of ether oxygens (including phenoxy) is 2. The van der Waals surface area contributed by atoms with Crippen molar-refractivity contribution in [2.24, 2.45) is 0 Å². The van der Waals surface area contributed by atoms with Crippen LogP contribution in [0.1, 0.15) is 12.0 Å². The molecule has 2 aliphatic rings. The number of rotatable bonds is 2. The summed E-state index contributed by atoms with van der Waals surface area (Å²) in [5.41, 5.74) is 1.16. The first-order valence-corrected chi connectivity index (χ1v) is 7.80. The van der Waals surface area contributed by atoms with Crippen molar-refractivity contribution >= 4 is 6.08 Å². The Hall–Kier alpha value is -2.37. The van der Waals surface area contributed by atoms with Gasteiger partial charge in [-0.3, -0.25) is 0 Å². The summed E-state index contributed by atoms with van der Waals surface area (Å²) in [6.45, 7) is 27.7. The summed E-state index contributed by atoms with van der Waals surface area (Å²) in [5, 5.41) is 0. The van der Waals surface area contributed by atoms with E-state index in [1.54, 1.807) is 0 Å². The van der Waals surface area contributed by atoms with E-state index in [2.05, 4.69) is 70.0 Å². The summed E-state index contributed by atoms with van der Waals surface area (Å²) in [7, 11) is 0. The van der Waals surface area contributed by atoms with Crippen LogP contribution in [0.3, 0.4) is 0 Å². The topological polar surface area (TPSA) is 138 Å². The van der Waals surface area contributed by atoms with Crippen molar-refractivity contribution in [3.63, 3.8) is 0 Å². The summed E-state index contributed by atoms with van der Waals surface area (Å²) < 4.78 is 56.6. The molecule has 1 aromatic carbocycles. The molecule has 0 saturated heterocycles. The van der Waals surface area contributed by atoms with E-state index in [1.165, 1.54) is 0 Å². The number of hydrogen-bond acceptors (Lipinski definition) is 2. The van der Waals surface area contributed by atoms with Crippen molar-refractivity contribution in [3.8, 4) is 11.8 Å². The first-order valence-electron chi connectivity index (χ1n) is 7.80. The molecule has 0 aliphatic carbocycles. The molecule has 0 unspecified atom stereocenters. The Morgan fingerprint density at radius 2 is 1.33 bits per heavy atom. The van der Waals surface area contributed by atoms with Crippen molar-refractivity contribution in [1.82, 2.24) is 0 Å². The average Bonchev–Trinajstić information content (AvgIpc) is 3.12. The molecule has 0 spiro atoms. The summed E-state index contributed by atoms with van der Waals surface area (Å²) in [5.74, 6) is 6.28. The third kappa shape index (κ3) is 22.6. The molecule has 0 saturated carbocycles. The maximum Gasteiger partial charge on any atom is 0 e.